The fourth-order valence-electron chi connectivity index (χ4n) is 0.899. The van der Waals surface area contributed by atoms with Gasteiger partial charge in [-0.15, -0.1) is 0 Å². The average molecular weight is 200 g/mol. The Morgan fingerprint density at radius 3 is 2.00 bits per heavy atom. The normalized spacial score (nSPS) is 8.53. The van der Waals surface area contributed by atoms with Gasteiger partial charge in [0.25, 0.3) is 5.91 Å². The SMILES string of the molecule is C=CC(=O)n1cccc1.c1ccncc1. The van der Waals surface area contributed by atoms with Gasteiger partial charge in [0.15, 0.2) is 0 Å². The lowest BCUT2D eigenvalue weighted by molar-refractivity contribution is 0.0969. The summed E-state index contributed by atoms with van der Waals surface area (Å²) in [5.41, 5.74) is 0. The van der Waals surface area contributed by atoms with E-state index in [9.17, 15) is 4.79 Å². The number of carbonyl (C=O) groups is 1. The molecule has 2 rings (SSSR count). The zero-order valence-corrected chi connectivity index (χ0v) is 8.28. The summed E-state index contributed by atoms with van der Waals surface area (Å²) in [6.07, 6.45) is 8.15. The number of rotatable bonds is 1. The standard InChI is InChI=1S/C7H7NO.C5H5N/c1-2-7(9)8-5-3-4-6-8;1-2-4-6-5-3-1/h2-6H,1H2;1-5H. The van der Waals surface area contributed by atoms with Crippen LogP contribution in [0.2, 0.25) is 0 Å². The fraction of sp³-hybridized carbons (Fsp3) is 0. The van der Waals surface area contributed by atoms with Crippen molar-refractivity contribution in [1.82, 2.24) is 9.55 Å². The Balaban J connectivity index is 0.000000162. The largest absolute Gasteiger partial charge is 0.291 e. The monoisotopic (exact) mass is 200 g/mol. The lowest BCUT2D eigenvalue weighted by Crippen LogP contribution is -2.02. The van der Waals surface area contributed by atoms with Gasteiger partial charge in [0.2, 0.25) is 0 Å². The van der Waals surface area contributed by atoms with Gasteiger partial charge in [0.05, 0.1) is 0 Å². The van der Waals surface area contributed by atoms with Crippen LogP contribution in [0, 0.1) is 0 Å². The van der Waals surface area contributed by atoms with E-state index in [4.69, 9.17) is 0 Å². The van der Waals surface area contributed by atoms with Gasteiger partial charge in [-0.3, -0.25) is 14.3 Å². The summed E-state index contributed by atoms with van der Waals surface area (Å²) in [4.78, 5) is 14.5. The summed E-state index contributed by atoms with van der Waals surface area (Å²) in [7, 11) is 0. The Bertz CT molecular complexity index is 366. The van der Waals surface area contributed by atoms with Crippen molar-refractivity contribution >= 4 is 5.91 Å². The molecule has 0 bridgehead atoms. The van der Waals surface area contributed by atoms with Crippen molar-refractivity contribution in [1.29, 1.82) is 0 Å². The van der Waals surface area contributed by atoms with Gasteiger partial charge in [-0.2, -0.15) is 0 Å². The van der Waals surface area contributed by atoms with Gasteiger partial charge in [0.1, 0.15) is 0 Å². The smallest absolute Gasteiger partial charge is 0.253 e. The van der Waals surface area contributed by atoms with Crippen molar-refractivity contribution in [3.63, 3.8) is 0 Å². The van der Waals surface area contributed by atoms with Crippen LogP contribution in [-0.2, 0) is 0 Å². The van der Waals surface area contributed by atoms with E-state index in [0.29, 0.717) is 0 Å². The molecule has 3 heteroatoms. The molecule has 0 unspecified atom stereocenters. The molecule has 2 aromatic heterocycles. The molecule has 2 heterocycles. The van der Waals surface area contributed by atoms with E-state index < -0.39 is 0 Å². The van der Waals surface area contributed by atoms with Gasteiger partial charge in [-0.25, -0.2) is 0 Å². The van der Waals surface area contributed by atoms with E-state index in [0.717, 1.165) is 0 Å². The zero-order chi connectivity index (χ0) is 10.9. The van der Waals surface area contributed by atoms with Crippen LogP contribution in [0.5, 0.6) is 0 Å². The maximum absolute atomic E-state index is 10.7. The average Bonchev–Trinajstić information content (AvgIpc) is 2.85. The number of pyridine rings is 1. The first-order valence-electron chi connectivity index (χ1n) is 4.49. The third kappa shape index (κ3) is 4.04. The maximum atomic E-state index is 10.7. The third-order valence-electron chi connectivity index (χ3n) is 1.60. The van der Waals surface area contributed by atoms with Crippen molar-refractivity contribution in [3.05, 3.63) is 67.8 Å². The first-order valence-corrected chi connectivity index (χ1v) is 4.49. The van der Waals surface area contributed by atoms with Gasteiger partial charge in [0, 0.05) is 24.8 Å². The van der Waals surface area contributed by atoms with Gasteiger partial charge >= 0.3 is 0 Å². The molecule has 0 saturated heterocycles. The number of nitrogens with zero attached hydrogens (tertiary/aromatic N) is 2. The molecule has 2 aromatic rings. The second-order valence-corrected chi connectivity index (χ2v) is 2.66. The van der Waals surface area contributed by atoms with E-state index in [1.54, 1.807) is 36.9 Å². The van der Waals surface area contributed by atoms with Crippen LogP contribution in [0.15, 0.2) is 67.8 Å². The molecule has 0 saturated carbocycles. The van der Waals surface area contributed by atoms with Crippen LogP contribution in [0.25, 0.3) is 0 Å². The van der Waals surface area contributed by atoms with Crippen LogP contribution >= 0.6 is 0 Å². The van der Waals surface area contributed by atoms with E-state index in [1.165, 1.54) is 10.6 Å². The van der Waals surface area contributed by atoms with Crippen LogP contribution in [0.1, 0.15) is 4.79 Å². The number of aromatic nitrogens is 2. The lowest BCUT2D eigenvalue weighted by atomic mass is 10.5. The van der Waals surface area contributed by atoms with E-state index in [2.05, 4.69) is 11.6 Å². The molecule has 0 spiro atoms. The van der Waals surface area contributed by atoms with Crippen LogP contribution in [0.3, 0.4) is 0 Å². The summed E-state index contributed by atoms with van der Waals surface area (Å²) >= 11 is 0. The predicted molar refractivity (Wildman–Crippen MR) is 59.5 cm³/mol. The molecule has 15 heavy (non-hydrogen) atoms. The molecule has 0 atom stereocenters. The number of hydrogen-bond acceptors (Lipinski definition) is 2. The lowest BCUT2D eigenvalue weighted by Gasteiger charge is -1.90. The highest BCUT2D eigenvalue weighted by atomic mass is 16.1. The Labute approximate surface area is 88.7 Å². The van der Waals surface area contributed by atoms with Crippen molar-refractivity contribution in [2.45, 2.75) is 0 Å². The minimum atomic E-state index is -0.0972. The molecule has 76 valence electrons. The van der Waals surface area contributed by atoms with Gasteiger partial charge in [-0.1, -0.05) is 12.6 Å². The van der Waals surface area contributed by atoms with Crippen molar-refractivity contribution < 1.29 is 4.79 Å². The molecule has 0 radical (unpaired) electrons. The van der Waals surface area contributed by atoms with Crippen molar-refractivity contribution in [2.75, 3.05) is 0 Å². The van der Waals surface area contributed by atoms with E-state index in [-0.39, 0.29) is 5.91 Å². The molecule has 0 N–H and O–H groups in total. The molecular formula is C12H12N2O. The molecule has 0 aliphatic rings. The fourth-order valence-corrected chi connectivity index (χ4v) is 0.899. The van der Waals surface area contributed by atoms with E-state index >= 15 is 0 Å². The quantitative estimate of drug-likeness (QED) is 0.662. The van der Waals surface area contributed by atoms with Gasteiger partial charge < -0.3 is 0 Å². The van der Waals surface area contributed by atoms with Crippen LogP contribution in [0.4, 0.5) is 0 Å². The minimum absolute atomic E-state index is 0.0972. The third-order valence-corrected chi connectivity index (χ3v) is 1.60. The summed E-state index contributed by atoms with van der Waals surface area (Å²) < 4.78 is 1.47. The first-order chi connectivity index (χ1) is 7.34. The second kappa shape index (κ2) is 6.32. The second-order valence-electron chi connectivity index (χ2n) is 2.66. The topological polar surface area (TPSA) is 34.9 Å². The molecule has 3 nitrogen and oxygen atoms in total. The summed E-state index contributed by atoms with van der Waals surface area (Å²) in [6.45, 7) is 3.35. The van der Waals surface area contributed by atoms with Crippen molar-refractivity contribution in [3.8, 4) is 0 Å². The molecule has 0 amide bonds. The summed E-state index contributed by atoms with van der Waals surface area (Å²) in [5.74, 6) is -0.0972. The van der Waals surface area contributed by atoms with E-state index in [1.807, 2.05) is 18.2 Å². The number of hydrogen-bond donors (Lipinski definition) is 0. The Morgan fingerprint density at radius 1 is 1.07 bits per heavy atom. The summed E-state index contributed by atoms with van der Waals surface area (Å²) in [6, 6.07) is 9.30. The Kier molecular flexibility index (Phi) is 4.60. The van der Waals surface area contributed by atoms with Crippen LogP contribution < -0.4 is 0 Å². The highest BCUT2D eigenvalue weighted by Gasteiger charge is 1.92. The summed E-state index contributed by atoms with van der Waals surface area (Å²) in [5, 5.41) is 0. The van der Waals surface area contributed by atoms with Crippen molar-refractivity contribution in [2.24, 2.45) is 0 Å². The Morgan fingerprint density at radius 2 is 1.67 bits per heavy atom. The molecular weight excluding hydrogens is 188 g/mol. The van der Waals surface area contributed by atoms with Crippen LogP contribution in [-0.4, -0.2) is 15.5 Å². The Hall–Kier alpha value is -2.16. The predicted octanol–water partition coefficient (Wildman–Crippen LogP) is 2.40. The van der Waals surface area contributed by atoms with Gasteiger partial charge in [-0.05, 0) is 30.3 Å². The number of allylic oxidation sites excluding steroid dienone is 1. The molecule has 0 fully saturated rings. The highest BCUT2D eigenvalue weighted by Crippen LogP contribution is 1.88. The first kappa shape index (κ1) is 10.9. The molecule has 0 aliphatic heterocycles. The zero-order valence-electron chi connectivity index (χ0n) is 8.28. The minimum Gasteiger partial charge on any atom is -0.291 e. The maximum Gasteiger partial charge on any atom is 0.253 e. The molecule has 0 aliphatic carbocycles. The molecule has 0 aromatic carbocycles. The highest BCUT2D eigenvalue weighted by molar-refractivity contribution is 5.89. The number of carbonyl (C=O) groups excluding carboxylic acids is 1.